The molecule has 15 heavy (non-hydrogen) atoms. The monoisotopic (exact) mass is 269 g/mol. The summed E-state index contributed by atoms with van der Waals surface area (Å²) in [6.07, 6.45) is 0. The van der Waals surface area contributed by atoms with Crippen LogP contribution in [0.15, 0.2) is 17.0 Å². The average Bonchev–Trinajstić information content (AvgIpc) is 2.06. The average molecular weight is 270 g/mol. The Morgan fingerprint density at radius 3 is 2.33 bits per heavy atom. The predicted octanol–water partition coefficient (Wildman–Crippen LogP) is 2.48. The SMILES string of the molecule is Cc1c([N+](=O)[O-])cc(Cl)cc1S(=O)(=O)Cl. The minimum atomic E-state index is -4.03. The first-order chi connectivity index (χ1) is 6.73. The van der Waals surface area contributed by atoms with Gasteiger partial charge in [-0.3, -0.25) is 10.1 Å². The minimum Gasteiger partial charge on any atom is -0.258 e. The van der Waals surface area contributed by atoms with Crippen LogP contribution in [-0.4, -0.2) is 13.3 Å². The zero-order valence-corrected chi connectivity index (χ0v) is 9.73. The standard InChI is InChI=1S/C7H5Cl2NO4S/c1-4-6(10(11)12)2-5(8)3-7(4)15(9,13)14/h2-3H,1H3. The van der Waals surface area contributed by atoms with Crippen molar-refractivity contribution in [1.82, 2.24) is 0 Å². The van der Waals surface area contributed by atoms with Gasteiger partial charge in [0.05, 0.1) is 9.82 Å². The van der Waals surface area contributed by atoms with E-state index in [9.17, 15) is 18.5 Å². The summed E-state index contributed by atoms with van der Waals surface area (Å²) < 4.78 is 22.1. The second-order valence-electron chi connectivity index (χ2n) is 2.74. The van der Waals surface area contributed by atoms with Crippen LogP contribution in [0.1, 0.15) is 5.56 Å². The summed E-state index contributed by atoms with van der Waals surface area (Å²) in [5.74, 6) is 0. The Kier molecular flexibility index (Phi) is 3.22. The molecular formula is C7H5Cl2NO4S. The Labute approximate surface area is 95.2 Å². The Morgan fingerprint density at radius 2 is 1.93 bits per heavy atom. The van der Waals surface area contributed by atoms with Gasteiger partial charge in [0.1, 0.15) is 0 Å². The van der Waals surface area contributed by atoms with Gasteiger partial charge in [-0.05, 0) is 13.0 Å². The van der Waals surface area contributed by atoms with Crippen LogP contribution in [0.4, 0.5) is 5.69 Å². The number of nitro groups is 1. The van der Waals surface area contributed by atoms with Gasteiger partial charge in [-0.1, -0.05) is 11.6 Å². The number of nitro benzene ring substituents is 1. The molecule has 0 aromatic heterocycles. The van der Waals surface area contributed by atoms with Crippen molar-refractivity contribution in [2.45, 2.75) is 11.8 Å². The summed E-state index contributed by atoms with van der Waals surface area (Å²) in [4.78, 5) is 9.50. The van der Waals surface area contributed by atoms with E-state index in [1.54, 1.807) is 0 Å². The summed E-state index contributed by atoms with van der Waals surface area (Å²) >= 11 is 5.54. The van der Waals surface area contributed by atoms with Crippen LogP contribution in [-0.2, 0) is 9.05 Å². The molecule has 0 bridgehead atoms. The van der Waals surface area contributed by atoms with Gasteiger partial charge >= 0.3 is 0 Å². The third kappa shape index (κ3) is 2.58. The van der Waals surface area contributed by atoms with E-state index in [0.717, 1.165) is 12.1 Å². The van der Waals surface area contributed by atoms with E-state index in [0.29, 0.717) is 0 Å². The highest BCUT2D eigenvalue weighted by molar-refractivity contribution is 8.13. The third-order valence-corrected chi connectivity index (χ3v) is 3.42. The highest BCUT2D eigenvalue weighted by Crippen LogP contribution is 2.31. The van der Waals surface area contributed by atoms with Crippen molar-refractivity contribution in [1.29, 1.82) is 0 Å². The Balaban J connectivity index is 3.63. The number of halogens is 2. The third-order valence-electron chi connectivity index (χ3n) is 1.76. The molecule has 0 atom stereocenters. The Bertz CT molecular complexity index is 526. The van der Waals surface area contributed by atoms with Crippen LogP contribution in [0, 0.1) is 17.0 Å². The molecule has 0 heterocycles. The Morgan fingerprint density at radius 1 is 1.40 bits per heavy atom. The smallest absolute Gasteiger partial charge is 0.258 e. The second kappa shape index (κ2) is 3.96. The van der Waals surface area contributed by atoms with Gasteiger partial charge in [0.2, 0.25) is 0 Å². The number of benzene rings is 1. The maximum atomic E-state index is 11.1. The number of nitrogens with zero attached hydrogens (tertiary/aromatic N) is 1. The molecule has 0 aliphatic rings. The molecule has 82 valence electrons. The molecule has 0 amide bonds. The van der Waals surface area contributed by atoms with Crippen LogP contribution >= 0.6 is 22.3 Å². The van der Waals surface area contributed by atoms with Crippen molar-refractivity contribution >= 4 is 37.0 Å². The molecular weight excluding hydrogens is 265 g/mol. The van der Waals surface area contributed by atoms with Gasteiger partial charge in [-0.15, -0.1) is 0 Å². The van der Waals surface area contributed by atoms with Crippen LogP contribution in [0.3, 0.4) is 0 Å². The molecule has 1 aromatic rings. The van der Waals surface area contributed by atoms with Crippen LogP contribution in [0.25, 0.3) is 0 Å². The molecule has 0 saturated heterocycles. The summed E-state index contributed by atoms with van der Waals surface area (Å²) in [7, 11) is 1.07. The molecule has 0 saturated carbocycles. The second-order valence-corrected chi connectivity index (χ2v) is 5.71. The van der Waals surface area contributed by atoms with Crippen molar-refractivity contribution in [3.8, 4) is 0 Å². The predicted molar refractivity (Wildman–Crippen MR) is 55.9 cm³/mol. The van der Waals surface area contributed by atoms with E-state index in [2.05, 4.69) is 0 Å². The van der Waals surface area contributed by atoms with Gasteiger partial charge in [0.15, 0.2) is 0 Å². The molecule has 0 radical (unpaired) electrons. The van der Waals surface area contributed by atoms with Crippen LogP contribution < -0.4 is 0 Å². The molecule has 0 aliphatic heterocycles. The molecule has 8 heteroatoms. The highest BCUT2D eigenvalue weighted by atomic mass is 35.7. The fourth-order valence-corrected chi connectivity index (χ4v) is 2.58. The molecule has 0 spiro atoms. The topological polar surface area (TPSA) is 77.3 Å². The van der Waals surface area contributed by atoms with Crippen molar-refractivity contribution in [3.63, 3.8) is 0 Å². The van der Waals surface area contributed by atoms with Gasteiger partial charge in [-0.2, -0.15) is 0 Å². The highest BCUT2D eigenvalue weighted by Gasteiger charge is 2.22. The molecule has 0 N–H and O–H groups in total. The lowest BCUT2D eigenvalue weighted by Crippen LogP contribution is -1.99. The maximum absolute atomic E-state index is 11.1. The first-order valence-corrected chi connectivity index (χ1v) is 6.31. The minimum absolute atomic E-state index is 0.0283. The number of hydrogen-bond acceptors (Lipinski definition) is 4. The summed E-state index contributed by atoms with van der Waals surface area (Å²) in [5.41, 5.74) is -0.402. The van der Waals surface area contributed by atoms with Crippen molar-refractivity contribution < 1.29 is 13.3 Å². The zero-order valence-electron chi connectivity index (χ0n) is 7.40. The summed E-state index contributed by atoms with van der Waals surface area (Å²) in [6, 6.07) is 2.15. The van der Waals surface area contributed by atoms with Crippen molar-refractivity contribution in [2.75, 3.05) is 0 Å². The summed E-state index contributed by atoms with van der Waals surface area (Å²) in [5, 5.41) is 10.5. The largest absolute Gasteiger partial charge is 0.275 e. The van der Waals surface area contributed by atoms with Crippen LogP contribution in [0.2, 0.25) is 5.02 Å². The molecule has 0 unspecified atom stereocenters. The van der Waals surface area contributed by atoms with E-state index in [-0.39, 0.29) is 21.2 Å². The Hall–Kier alpha value is -0.850. The van der Waals surface area contributed by atoms with E-state index in [1.165, 1.54) is 6.92 Å². The van der Waals surface area contributed by atoms with Gasteiger partial charge in [-0.25, -0.2) is 8.42 Å². The first kappa shape index (κ1) is 12.2. The lowest BCUT2D eigenvalue weighted by Gasteiger charge is -2.03. The first-order valence-electron chi connectivity index (χ1n) is 3.62. The fraction of sp³-hybridized carbons (Fsp3) is 0.143. The number of rotatable bonds is 2. The van der Waals surface area contributed by atoms with Gasteiger partial charge in [0, 0.05) is 27.3 Å². The number of hydrogen-bond donors (Lipinski definition) is 0. The zero-order chi connectivity index (χ0) is 11.8. The quantitative estimate of drug-likeness (QED) is 0.470. The van der Waals surface area contributed by atoms with Gasteiger partial charge in [0.25, 0.3) is 14.7 Å². The van der Waals surface area contributed by atoms with E-state index in [4.69, 9.17) is 22.3 Å². The van der Waals surface area contributed by atoms with Crippen molar-refractivity contribution in [2.24, 2.45) is 0 Å². The van der Waals surface area contributed by atoms with Crippen LogP contribution in [0.5, 0.6) is 0 Å². The van der Waals surface area contributed by atoms with E-state index in [1.807, 2.05) is 0 Å². The normalized spacial score (nSPS) is 11.4. The summed E-state index contributed by atoms with van der Waals surface area (Å²) in [6.45, 7) is 1.30. The molecule has 1 rings (SSSR count). The molecule has 1 aromatic carbocycles. The van der Waals surface area contributed by atoms with Crippen molar-refractivity contribution in [3.05, 3.63) is 32.8 Å². The van der Waals surface area contributed by atoms with E-state index >= 15 is 0 Å². The lowest BCUT2D eigenvalue weighted by atomic mass is 10.2. The lowest BCUT2D eigenvalue weighted by molar-refractivity contribution is -0.385. The van der Waals surface area contributed by atoms with Gasteiger partial charge < -0.3 is 0 Å². The fourth-order valence-electron chi connectivity index (χ4n) is 1.08. The molecule has 5 nitrogen and oxygen atoms in total. The molecule has 0 fully saturated rings. The maximum Gasteiger partial charge on any atom is 0.275 e. The molecule has 0 aliphatic carbocycles. The van der Waals surface area contributed by atoms with E-state index < -0.39 is 14.0 Å².